The molecule has 1 N–H and O–H groups in total. The molecule has 0 saturated heterocycles. The highest BCUT2D eigenvalue weighted by molar-refractivity contribution is 7.90. The Morgan fingerprint density at radius 3 is 2.31 bits per heavy atom. The summed E-state index contributed by atoms with van der Waals surface area (Å²) in [6, 6.07) is 5.98. The zero-order valence-corrected chi connectivity index (χ0v) is 9.41. The van der Waals surface area contributed by atoms with Gasteiger partial charge >= 0.3 is 5.97 Å². The highest BCUT2D eigenvalue weighted by atomic mass is 32.2. The van der Waals surface area contributed by atoms with E-state index in [1.807, 2.05) is 0 Å². The molecule has 84 valence electrons. The number of sulfone groups is 1. The lowest BCUT2D eigenvalue weighted by molar-refractivity contribution is -0.135. The van der Waals surface area contributed by atoms with Gasteiger partial charge in [0.2, 0.25) is 0 Å². The molecular weight excluding hydrogens is 228 g/mol. The molecule has 0 aliphatic carbocycles. The lowest BCUT2D eigenvalue weighted by Crippen LogP contribution is -1.96. The van der Waals surface area contributed by atoms with Crippen molar-refractivity contribution in [2.24, 2.45) is 0 Å². The molecule has 4 nitrogen and oxygen atoms in total. The molecule has 0 heterocycles. The molecule has 0 atom stereocenters. The molecular formula is C11H10O4S. The maximum absolute atomic E-state index is 11.1. The highest BCUT2D eigenvalue weighted by Crippen LogP contribution is 2.09. The van der Waals surface area contributed by atoms with Crippen molar-refractivity contribution in [3.05, 3.63) is 29.8 Å². The zero-order valence-electron chi connectivity index (χ0n) is 8.60. The maximum Gasteiger partial charge on any atom is 0.315 e. The van der Waals surface area contributed by atoms with Gasteiger partial charge < -0.3 is 5.11 Å². The van der Waals surface area contributed by atoms with Crippen molar-refractivity contribution in [1.29, 1.82) is 0 Å². The van der Waals surface area contributed by atoms with Gasteiger partial charge in [-0.1, -0.05) is 11.8 Å². The maximum atomic E-state index is 11.1. The lowest BCUT2D eigenvalue weighted by atomic mass is 10.2. The van der Waals surface area contributed by atoms with E-state index < -0.39 is 15.8 Å². The molecule has 1 aromatic carbocycles. The van der Waals surface area contributed by atoms with Crippen LogP contribution in [0.25, 0.3) is 0 Å². The Balaban J connectivity index is 2.87. The van der Waals surface area contributed by atoms with E-state index in [2.05, 4.69) is 11.8 Å². The van der Waals surface area contributed by atoms with Crippen molar-refractivity contribution in [1.82, 2.24) is 0 Å². The van der Waals surface area contributed by atoms with E-state index in [9.17, 15) is 13.2 Å². The normalized spacial score (nSPS) is 10.3. The Morgan fingerprint density at radius 1 is 1.31 bits per heavy atom. The van der Waals surface area contributed by atoms with Crippen molar-refractivity contribution in [3.63, 3.8) is 0 Å². The summed E-state index contributed by atoms with van der Waals surface area (Å²) >= 11 is 0. The number of benzene rings is 1. The van der Waals surface area contributed by atoms with Crippen molar-refractivity contribution in [2.45, 2.75) is 11.3 Å². The summed E-state index contributed by atoms with van der Waals surface area (Å²) in [6.45, 7) is 0. The fraction of sp³-hybridized carbons (Fsp3) is 0.182. The summed E-state index contributed by atoms with van der Waals surface area (Å²) in [5.41, 5.74) is 0.591. The number of rotatable bonds is 2. The summed E-state index contributed by atoms with van der Waals surface area (Å²) in [4.78, 5) is 10.4. The highest BCUT2D eigenvalue weighted by Gasteiger charge is 2.04. The summed E-state index contributed by atoms with van der Waals surface area (Å²) in [5.74, 6) is 4.10. The van der Waals surface area contributed by atoms with Crippen molar-refractivity contribution in [2.75, 3.05) is 6.26 Å². The van der Waals surface area contributed by atoms with E-state index in [1.165, 1.54) is 12.1 Å². The monoisotopic (exact) mass is 238 g/mol. The first-order valence-electron chi connectivity index (χ1n) is 4.40. The van der Waals surface area contributed by atoms with E-state index in [0.29, 0.717) is 5.56 Å². The van der Waals surface area contributed by atoms with Crippen LogP contribution in [0.1, 0.15) is 12.0 Å². The van der Waals surface area contributed by atoms with Gasteiger partial charge in [-0.15, -0.1) is 0 Å². The van der Waals surface area contributed by atoms with Gasteiger partial charge in [-0.2, -0.15) is 0 Å². The summed E-state index contributed by atoms with van der Waals surface area (Å²) < 4.78 is 22.3. The predicted molar refractivity (Wildman–Crippen MR) is 58.7 cm³/mol. The van der Waals surface area contributed by atoms with Crippen LogP contribution in [0.2, 0.25) is 0 Å². The van der Waals surface area contributed by atoms with Gasteiger partial charge in [-0.3, -0.25) is 4.79 Å². The molecule has 0 aliphatic rings. The minimum Gasteiger partial charge on any atom is -0.481 e. The van der Waals surface area contributed by atoms with Crippen LogP contribution in [0.15, 0.2) is 29.2 Å². The third-order valence-corrected chi connectivity index (χ3v) is 2.88. The number of hydrogen-bond acceptors (Lipinski definition) is 3. The third kappa shape index (κ3) is 3.75. The van der Waals surface area contributed by atoms with E-state index >= 15 is 0 Å². The van der Waals surface area contributed by atoms with Gasteiger partial charge in [0.05, 0.1) is 4.90 Å². The average Bonchev–Trinajstić information content (AvgIpc) is 2.16. The molecule has 0 fully saturated rings. The van der Waals surface area contributed by atoms with Gasteiger partial charge in [0.25, 0.3) is 0 Å². The van der Waals surface area contributed by atoms with E-state index in [0.717, 1.165) is 6.26 Å². The first-order valence-corrected chi connectivity index (χ1v) is 6.29. The van der Waals surface area contributed by atoms with Crippen LogP contribution in [0.5, 0.6) is 0 Å². The van der Waals surface area contributed by atoms with E-state index in [4.69, 9.17) is 5.11 Å². The van der Waals surface area contributed by atoms with Crippen LogP contribution >= 0.6 is 0 Å². The van der Waals surface area contributed by atoms with E-state index in [-0.39, 0.29) is 11.3 Å². The number of carboxylic acid groups (broad SMARTS) is 1. The van der Waals surface area contributed by atoms with Crippen LogP contribution in [0.4, 0.5) is 0 Å². The minimum absolute atomic E-state index is 0.219. The molecule has 0 aliphatic heterocycles. The molecule has 1 rings (SSSR count). The Kier molecular flexibility index (Phi) is 3.69. The number of hydrogen-bond donors (Lipinski definition) is 1. The molecule has 5 heteroatoms. The van der Waals surface area contributed by atoms with Crippen molar-refractivity contribution >= 4 is 15.8 Å². The quantitative estimate of drug-likeness (QED) is 0.777. The second-order valence-electron chi connectivity index (χ2n) is 3.17. The van der Waals surface area contributed by atoms with Crippen LogP contribution < -0.4 is 0 Å². The first kappa shape index (κ1) is 12.3. The van der Waals surface area contributed by atoms with Crippen LogP contribution in [0, 0.1) is 11.8 Å². The molecule has 0 spiro atoms. The molecule has 1 aromatic rings. The van der Waals surface area contributed by atoms with Crippen LogP contribution in [-0.2, 0) is 14.6 Å². The summed E-state index contributed by atoms with van der Waals surface area (Å²) in [5, 5.41) is 8.36. The van der Waals surface area contributed by atoms with Crippen molar-refractivity contribution < 1.29 is 18.3 Å². The van der Waals surface area contributed by atoms with Crippen LogP contribution in [0.3, 0.4) is 0 Å². The SMILES string of the molecule is CS(=O)(=O)c1ccc(C#CCC(=O)O)cc1. The van der Waals surface area contributed by atoms with Crippen molar-refractivity contribution in [3.8, 4) is 11.8 Å². The minimum atomic E-state index is -3.20. The first-order chi connectivity index (χ1) is 7.39. The van der Waals surface area contributed by atoms with Gasteiger partial charge in [0, 0.05) is 11.8 Å². The topological polar surface area (TPSA) is 71.4 Å². The Morgan fingerprint density at radius 2 is 1.88 bits per heavy atom. The largest absolute Gasteiger partial charge is 0.481 e. The molecule has 0 unspecified atom stereocenters. The third-order valence-electron chi connectivity index (χ3n) is 1.75. The Hall–Kier alpha value is -1.80. The van der Waals surface area contributed by atoms with Gasteiger partial charge in [-0.05, 0) is 24.3 Å². The summed E-state index contributed by atoms with van der Waals surface area (Å²) in [7, 11) is -3.20. The molecule has 0 amide bonds. The zero-order chi connectivity index (χ0) is 12.2. The Labute approximate surface area is 93.8 Å². The number of carboxylic acids is 1. The van der Waals surface area contributed by atoms with Crippen LogP contribution in [-0.4, -0.2) is 25.7 Å². The molecule has 0 saturated carbocycles. The molecule has 0 bridgehead atoms. The number of aliphatic carboxylic acids is 1. The fourth-order valence-corrected chi connectivity index (χ4v) is 1.64. The standard InChI is InChI=1S/C11H10O4S/c1-16(14,15)10-7-5-9(6-8-10)3-2-4-11(12)13/h5-8H,4H2,1H3,(H,12,13). The summed E-state index contributed by atoms with van der Waals surface area (Å²) in [6.07, 6.45) is 0.895. The molecule has 16 heavy (non-hydrogen) atoms. The lowest BCUT2D eigenvalue weighted by Gasteiger charge is -1.96. The van der Waals surface area contributed by atoms with Gasteiger partial charge in [0.15, 0.2) is 9.84 Å². The van der Waals surface area contributed by atoms with E-state index in [1.54, 1.807) is 12.1 Å². The Bertz CT molecular complexity index is 544. The smallest absolute Gasteiger partial charge is 0.315 e. The molecule has 0 aromatic heterocycles. The predicted octanol–water partition coefficient (Wildman–Crippen LogP) is 0.916. The van der Waals surface area contributed by atoms with Gasteiger partial charge in [0.1, 0.15) is 6.42 Å². The van der Waals surface area contributed by atoms with Gasteiger partial charge in [-0.25, -0.2) is 8.42 Å². The molecule has 0 radical (unpaired) electrons. The average molecular weight is 238 g/mol. The second kappa shape index (κ2) is 4.81. The number of carbonyl (C=O) groups is 1. The second-order valence-corrected chi connectivity index (χ2v) is 5.18. The fourth-order valence-electron chi connectivity index (χ4n) is 1.01.